The van der Waals surface area contributed by atoms with Crippen molar-refractivity contribution in [2.24, 2.45) is 5.92 Å². The van der Waals surface area contributed by atoms with Crippen LogP contribution in [0.2, 0.25) is 0 Å². The van der Waals surface area contributed by atoms with Crippen molar-refractivity contribution in [2.75, 3.05) is 13.2 Å². The number of hydrogen-bond acceptors (Lipinski definition) is 4. The van der Waals surface area contributed by atoms with Crippen LogP contribution in [0.5, 0.6) is 11.5 Å². The highest BCUT2D eigenvalue weighted by Gasteiger charge is 2.41. The smallest absolute Gasteiger partial charge is 0.432 e. The Labute approximate surface area is 265 Å². The number of unbranched alkanes of at least 4 members (excludes halogenated alkanes) is 2. The molecule has 5 rings (SSSR count). The van der Waals surface area contributed by atoms with Crippen molar-refractivity contribution in [2.45, 2.75) is 51.6 Å². The maximum absolute atomic E-state index is 15.0. The molecular weight excluding hydrogens is 636 g/mol. The van der Waals surface area contributed by atoms with E-state index in [0.717, 1.165) is 42.5 Å². The lowest BCUT2D eigenvalue weighted by Crippen LogP contribution is -2.27. The number of halogens is 8. The van der Waals surface area contributed by atoms with Gasteiger partial charge in [0.15, 0.2) is 23.7 Å². The molecule has 12 heteroatoms. The lowest BCUT2D eigenvalue weighted by atomic mass is 10.0. The van der Waals surface area contributed by atoms with Gasteiger partial charge in [0, 0.05) is 35.2 Å². The average molecular weight is 667 g/mol. The van der Waals surface area contributed by atoms with Crippen molar-refractivity contribution in [1.29, 1.82) is 0 Å². The Balaban J connectivity index is 1.21. The van der Waals surface area contributed by atoms with Gasteiger partial charge in [-0.05, 0) is 41.8 Å². The van der Waals surface area contributed by atoms with Crippen LogP contribution in [-0.2, 0) is 22.2 Å². The Morgan fingerprint density at radius 3 is 1.94 bits per heavy atom. The Hall–Kier alpha value is -4.16. The Morgan fingerprint density at radius 1 is 0.723 bits per heavy atom. The summed E-state index contributed by atoms with van der Waals surface area (Å²) in [5.74, 6) is -11.0. The predicted molar refractivity (Wildman–Crippen MR) is 156 cm³/mol. The molecule has 4 aromatic carbocycles. The summed E-state index contributed by atoms with van der Waals surface area (Å²) in [7, 11) is 0. The summed E-state index contributed by atoms with van der Waals surface area (Å²) < 4.78 is 135. The van der Waals surface area contributed by atoms with Crippen LogP contribution in [0, 0.1) is 40.8 Å². The number of rotatable bonds is 12. The topological polar surface area (TPSA) is 36.9 Å². The summed E-state index contributed by atoms with van der Waals surface area (Å²) in [6.45, 7) is 3.49. The molecule has 1 aliphatic rings. The van der Waals surface area contributed by atoms with E-state index in [1.165, 1.54) is 12.5 Å². The zero-order chi connectivity index (χ0) is 33.7. The summed E-state index contributed by atoms with van der Waals surface area (Å²) in [6, 6.07) is 11.9. The van der Waals surface area contributed by atoms with Gasteiger partial charge in [0.05, 0.1) is 13.2 Å². The minimum atomic E-state index is -4.77. The van der Waals surface area contributed by atoms with Crippen LogP contribution in [0.15, 0.2) is 66.7 Å². The van der Waals surface area contributed by atoms with Crippen LogP contribution in [0.3, 0.4) is 0 Å². The number of ether oxygens (including phenoxy) is 4. The third-order valence-electron chi connectivity index (χ3n) is 7.63. The van der Waals surface area contributed by atoms with Crippen molar-refractivity contribution >= 4 is 0 Å². The van der Waals surface area contributed by atoms with Crippen LogP contribution in [-0.4, -0.2) is 13.2 Å². The van der Waals surface area contributed by atoms with Crippen LogP contribution in [0.1, 0.15) is 55.6 Å². The van der Waals surface area contributed by atoms with Crippen LogP contribution < -0.4 is 9.47 Å². The van der Waals surface area contributed by atoms with E-state index < -0.39 is 64.2 Å². The van der Waals surface area contributed by atoms with Crippen molar-refractivity contribution < 1.29 is 54.1 Å². The van der Waals surface area contributed by atoms with E-state index >= 15 is 4.39 Å². The molecule has 0 N–H and O–H groups in total. The van der Waals surface area contributed by atoms with E-state index in [4.69, 9.17) is 14.2 Å². The molecule has 0 atom stereocenters. The minimum Gasteiger partial charge on any atom is -0.489 e. The molecule has 1 aliphatic heterocycles. The van der Waals surface area contributed by atoms with Gasteiger partial charge in [-0.15, -0.1) is 0 Å². The first-order valence-corrected chi connectivity index (χ1v) is 14.9. The Kier molecular flexibility index (Phi) is 10.7. The Morgan fingerprint density at radius 2 is 1.34 bits per heavy atom. The molecule has 250 valence electrons. The molecule has 0 amide bonds. The fourth-order valence-corrected chi connectivity index (χ4v) is 5.14. The van der Waals surface area contributed by atoms with Crippen LogP contribution in [0.25, 0.3) is 11.1 Å². The molecule has 1 fully saturated rings. The second kappa shape index (κ2) is 14.7. The van der Waals surface area contributed by atoms with Crippen LogP contribution >= 0.6 is 0 Å². The van der Waals surface area contributed by atoms with Gasteiger partial charge in [-0.1, -0.05) is 50.5 Å². The summed E-state index contributed by atoms with van der Waals surface area (Å²) >= 11 is 0. The highest BCUT2D eigenvalue weighted by molar-refractivity contribution is 5.66. The Bertz CT molecular complexity index is 1640. The fourth-order valence-electron chi connectivity index (χ4n) is 5.14. The molecule has 0 bridgehead atoms. The number of benzene rings is 4. The maximum atomic E-state index is 15.0. The molecule has 0 aliphatic carbocycles. The second-order valence-corrected chi connectivity index (χ2v) is 11.2. The van der Waals surface area contributed by atoms with E-state index in [-0.39, 0.29) is 30.1 Å². The molecule has 4 nitrogen and oxygen atoms in total. The monoisotopic (exact) mass is 666 g/mol. The number of alkyl halides is 2. The molecule has 1 heterocycles. The number of hydrogen-bond donors (Lipinski definition) is 0. The normalized spacial score (nSPS) is 16.7. The molecule has 0 aromatic heterocycles. The van der Waals surface area contributed by atoms with E-state index in [9.17, 15) is 30.7 Å². The van der Waals surface area contributed by atoms with Gasteiger partial charge in [-0.3, -0.25) is 0 Å². The first-order valence-electron chi connectivity index (χ1n) is 14.9. The molecule has 1 saturated heterocycles. The van der Waals surface area contributed by atoms with Gasteiger partial charge < -0.3 is 18.9 Å². The second-order valence-electron chi connectivity index (χ2n) is 11.2. The zero-order valence-corrected chi connectivity index (χ0v) is 25.1. The third-order valence-corrected chi connectivity index (χ3v) is 7.63. The van der Waals surface area contributed by atoms with Crippen molar-refractivity contribution in [3.8, 4) is 22.6 Å². The first-order chi connectivity index (χ1) is 22.4. The SMILES string of the molecule is CCCCCC1COC(c2ccc(COc3ccc(-c4cc(F)c(C(F)(F)Oc5cc(F)c(F)c(F)c5)c(F)c4)c(F)c3)cc2)OC1. The van der Waals surface area contributed by atoms with E-state index in [1.807, 2.05) is 24.3 Å². The summed E-state index contributed by atoms with van der Waals surface area (Å²) in [4.78, 5) is 0. The molecule has 0 spiro atoms. The molecule has 0 unspecified atom stereocenters. The van der Waals surface area contributed by atoms with E-state index in [2.05, 4.69) is 11.7 Å². The van der Waals surface area contributed by atoms with Crippen molar-refractivity contribution in [3.05, 3.63) is 118 Å². The maximum Gasteiger partial charge on any atom is 0.432 e. The van der Waals surface area contributed by atoms with E-state index in [1.54, 1.807) is 0 Å². The highest BCUT2D eigenvalue weighted by atomic mass is 19.3. The van der Waals surface area contributed by atoms with E-state index in [0.29, 0.717) is 31.3 Å². The standard InChI is InChI=1S/C35H30F8O4/c1-2-3-4-5-21-18-45-34(46-19-21)22-8-6-20(7-9-22)17-44-24-10-11-26(27(36)14-24)23-12-28(37)32(29(38)13-23)35(42,43)47-25-15-30(39)33(41)31(40)16-25/h6-16,21,34H,2-5,17-19H2,1H3. The molecule has 0 radical (unpaired) electrons. The van der Waals surface area contributed by atoms with Crippen molar-refractivity contribution in [1.82, 2.24) is 0 Å². The molecule has 4 aromatic rings. The lowest BCUT2D eigenvalue weighted by molar-refractivity contribution is -0.206. The van der Waals surface area contributed by atoms with Gasteiger partial charge in [0.1, 0.15) is 41.1 Å². The summed E-state index contributed by atoms with van der Waals surface area (Å²) in [5.41, 5.74) is -1.02. The molecular formula is C35H30F8O4. The summed E-state index contributed by atoms with van der Waals surface area (Å²) in [6.07, 6.45) is -0.661. The minimum absolute atomic E-state index is 0.0693. The predicted octanol–water partition coefficient (Wildman–Crippen LogP) is 10.1. The van der Waals surface area contributed by atoms with Gasteiger partial charge in [0.25, 0.3) is 0 Å². The van der Waals surface area contributed by atoms with Gasteiger partial charge in [0.2, 0.25) is 0 Å². The van der Waals surface area contributed by atoms with Crippen molar-refractivity contribution in [3.63, 3.8) is 0 Å². The average Bonchev–Trinajstić information content (AvgIpc) is 3.02. The molecule has 0 saturated carbocycles. The lowest BCUT2D eigenvalue weighted by Gasteiger charge is -2.29. The summed E-state index contributed by atoms with van der Waals surface area (Å²) in [5, 5.41) is 0. The van der Waals surface area contributed by atoms with Crippen LogP contribution in [0.4, 0.5) is 35.1 Å². The van der Waals surface area contributed by atoms with Gasteiger partial charge >= 0.3 is 6.11 Å². The third kappa shape index (κ3) is 8.23. The quantitative estimate of drug-likeness (QED) is 0.0857. The first kappa shape index (κ1) is 34.2. The molecule has 47 heavy (non-hydrogen) atoms. The van der Waals surface area contributed by atoms with Gasteiger partial charge in [-0.2, -0.15) is 8.78 Å². The zero-order valence-electron chi connectivity index (χ0n) is 25.1. The van der Waals surface area contributed by atoms with Gasteiger partial charge in [-0.25, -0.2) is 26.3 Å². The largest absolute Gasteiger partial charge is 0.489 e. The highest BCUT2D eigenvalue weighted by Crippen LogP contribution is 2.38. The fraction of sp³-hybridized carbons (Fsp3) is 0.314.